The van der Waals surface area contributed by atoms with Gasteiger partial charge in [-0.15, -0.1) is 0 Å². The van der Waals surface area contributed by atoms with E-state index in [1.807, 2.05) is 42.5 Å². The van der Waals surface area contributed by atoms with Gasteiger partial charge in [-0.05, 0) is 35.7 Å². The van der Waals surface area contributed by atoms with Crippen LogP contribution in [0.5, 0.6) is 0 Å². The third-order valence-corrected chi connectivity index (χ3v) is 3.68. The number of aliphatic hydroxyl groups excluding tert-OH is 1. The number of fused-ring (bicyclic) bond motifs is 1. The van der Waals surface area contributed by atoms with E-state index in [-0.39, 0.29) is 6.03 Å². The first-order chi connectivity index (χ1) is 9.72. The number of benzene rings is 2. The minimum atomic E-state index is -0.397. The molecule has 1 heterocycles. The lowest BCUT2D eigenvalue weighted by Gasteiger charge is -2.30. The fourth-order valence-corrected chi connectivity index (χ4v) is 2.61. The first kappa shape index (κ1) is 12.9. The highest BCUT2D eigenvalue weighted by Gasteiger charge is 2.21. The van der Waals surface area contributed by atoms with E-state index in [4.69, 9.17) is 0 Å². The molecule has 4 nitrogen and oxygen atoms in total. The number of anilines is 1. The van der Waals surface area contributed by atoms with Crippen molar-refractivity contribution in [2.45, 2.75) is 18.9 Å². The highest BCUT2D eigenvalue weighted by molar-refractivity contribution is 5.93. The fraction of sp³-hybridized carbons (Fsp3) is 0.312. The molecule has 1 saturated heterocycles. The molecule has 1 aliphatic rings. The summed E-state index contributed by atoms with van der Waals surface area (Å²) in [6.07, 6.45) is 1.23. The molecule has 1 atom stereocenters. The molecule has 1 fully saturated rings. The number of hydrogen-bond acceptors (Lipinski definition) is 2. The number of rotatable bonds is 1. The average Bonchev–Trinajstić information content (AvgIpc) is 2.47. The van der Waals surface area contributed by atoms with Crippen molar-refractivity contribution in [3.63, 3.8) is 0 Å². The number of β-amino-alcohol motifs (C(OH)–C–C–N with tert-alkyl or cyclic N) is 1. The Bertz CT molecular complexity index is 627. The van der Waals surface area contributed by atoms with Gasteiger partial charge in [0.1, 0.15) is 0 Å². The molecule has 0 aromatic heterocycles. The van der Waals surface area contributed by atoms with Crippen molar-refractivity contribution < 1.29 is 9.90 Å². The molecule has 0 saturated carbocycles. The van der Waals surface area contributed by atoms with E-state index >= 15 is 0 Å². The Morgan fingerprint density at radius 1 is 1.20 bits per heavy atom. The van der Waals surface area contributed by atoms with Crippen molar-refractivity contribution in [1.82, 2.24) is 4.90 Å². The van der Waals surface area contributed by atoms with Gasteiger partial charge in [-0.25, -0.2) is 4.79 Å². The van der Waals surface area contributed by atoms with Gasteiger partial charge in [-0.2, -0.15) is 0 Å². The van der Waals surface area contributed by atoms with Crippen molar-refractivity contribution in [3.05, 3.63) is 42.5 Å². The molecular formula is C16H18N2O2. The summed E-state index contributed by atoms with van der Waals surface area (Å²) in [5.74, 6) is 0. The molecule has 2 aromatic carbocycles. The van der Waals surface area contributed by atoms with Crippen molar-refractivity contribution in [3.8, 4) is 0 Å². The van der Waals surface area contributed by atoms with Gasteiger partial charge in [-0.3, -0.25) is 0 Å². The standard InChI is InChI=1S/C16H18N2O2/c19-15-6-3-9-18(11-15)16(20)17-14-8-7-12-4-1-2-5-13(12)10-14/h1-2,4-5,7-8,10,15,19H,3,6,9,11H2,(H,17,20). The second-order valence-corrected chi connectivity index (χ2v) is 5.23. The van der Waals surface area contributed by atoms with Crippen LogP contribution in [-0.4, -0.2) is 35.2 Å². The number of piperidine rings is 1. The Kier molecular flexibility index (Phi) is 3.56. The van der Waals surface area contributed by atoms with Crippen LogP contribution in [0.1, 0.15) is 12.8 Å². The quantitative estimate of drug-likeness (QED) is 0.837. The molecule has 0 radical (unpaired) electrons. The number of carbonyl (C=O) groups excluding carboxylic acids is 1. The number of aliphatic hydroxyl groups is 1. The van der Waals surface area contributed by atoms with Gasteiger partial charge in [0.05, 0.1) is 6.10 Å². The van der Waals surface area contributed by atoms with E-state index in [1.54, 1.807) is 4.90 Å². The van der Waals surface area contributed by atoms with Crippen LogP contribution in [0.3, 0.4) is 0 Å². The minimum absolute atomic E-state index is 0.140. The van der Waals surface area contributed by atoms with Crippen molar-refractivity contribution in [2.75, 3.05) is 18.4 Å². The number of carbonyl (C=O) groups is 1. The zero-order chi connectivity index (χ0) is 13.9. The molecule has 20 heavy (non-hydrogen) atoms. The summed E-state index contributed by atoms with van der Waals surface area (Å²) in [4.78, 5) is 13.8. The third-order valence-electron chi connectivity index (χ3n) is 3.68. The van der Waals surface area contributed by atoms with Gasteiger partial charge in [0.25, 0.3) is 0 Å². The molecule has 3 rings (SSSR count). The number of amides is 2. The van der Waals surface area contributed by atoms with Crippen LogP contribution in [0, 0.1) is 0 Å². The average molecular weight is 270 g/mol. The third kappa shape index (κ3) is 2.75. The minimum Gasteiger partial charge on any atom is -0.391 e. The lowest BCUT2D eigenvalue weighted by molar-refractivity contribution is 0.0883. The molecular weight excluding hydrogens is 252 g/mol. The Hall–Kier alpha value is -2.07. The van der Waals surface area contributed by atoms with Crippen LogP contribution in [0.4, 0.5) is 10.5 Å². The van der Waals surface area contributed by atoms with Gasteiger partial charge >= 0.3 is 6.03 Å². The summed E-state index contributed by atoms with van der Waals surface area (Å²) in [7, 11) is 0. The number of urea groups is 1. The van der Waals surface area contributed by atoms with E-state index < -0.39 is 6.10 Å². The first-order valence-electron chi connectivity index (χ1n) is 6.95. The second-order valence-electron chi connectivity index (χ2n) is 5.23. The Morgan fingerprint density at radius 2 is 2.00 bits per heavy atom. The van der Waals surface area contributed by atoms with E-state index in [2.05, 4.69) is 5.32 Å². The highest BCUT2D eigenvalue weighted by atomic mass is 16.3. The number of nitrogens with zero attached hydrogens (tertiary/aromatic N) is 1. The lowest BCUT2D eigenvalue weighted by Crippen LogP contribution is -2.44. The monoisotopic (exact) mass is 270 g/mol. The Morgan fingerprint density at radius 3 is 2.80 bits per heavy atom. The summed E-state index contributed by atoms with van der Waals surface area (Å²) in [6.45, 7) is 1.12. The van der Waals surface area contributed by atoms with Crippen LogP contribution in [0.25, 0.3) is 10.8 Å². The van der Waals surface area contributed by atoms with Gasteiger partial charge in [0, 0.05) is 18.8 Å². The smallest absolute Gasteiger partial charge is 0.321 e. The first-order valence-corrected chi connectivity index (χ1v) is 6.95. The summed E-state index contributed by atoms with van der Waals surface area (Å²) in [5.41, 5.74) is 0.786. The molecule has 0 aliphatic carbocycles. The predicted octanol–water partition coefficient (Wildman–Crippen LogP) is 2.83. The van der Waals surface area contributed by atoms with Crippen LogP contribution < -0.4 is 5.32 Å². The highest BCUT2D eigenvalue weighted by Crippen LogP contribution is 2.19. The maximum absolute atomic E-state index is 12.2. The van der Waals surface area contributed by atoms with Crippen molar-refractivity contribution >= 4 is 22.5 Å². The zero-order valence-electron chi connectivity index (χ0n) is 11.2. The molecule has 2 amide bonds. The Balaban J connectivity index is 1.73. The van der Waals surface area contributed by atoms with Gasteiger partial charge in [-0.1, -0.05) is 30.3 Å². The summed E-state index contributed by atoms with van der Waals surface area (Å²) < 4.78 is 0. The van der Waals surface area contributed by atoms with Crippen LogP contribution in [0.2, 0.25) is 0 Å². The molecule has 1 unspecified atom stereocenters. The molecule has 0 bridgehead atoms. The number of likely N-dealkylation sites (tertiary alicyclic amines) is 1. The molecule has 1 aliphatic heterocycles. The van der Waals surface area contributed by atoms with E-state index in [9.17, 15) is 9.90 Å². The van der Waals surface area contributed by atoms with Crippen LogP contribution in [0.15, 0.2) is 42.5 Å². The second kappa shape index (κ2) is 5.51. The zero-order valence-corrected chi connectivity index (χ0v) is 11.2. The maximum atomic E-state index is 12.2. The van der Waals surface area contributed by atoms with Crippen LogP contribution in [-0.2, 0) is 0 Å². The number of hydrogen-bond donors (Lipinski definition) is 2. The molecule has 4 heteroatoms. The van der Waals surface area contributed by atoms with E-state index in [0.29, 0.717) is 13.1 Å². The Labute approximate surface area is 118 Å². The summed E-state index contributed by atoms with van der Waals surface area (Å²) >= 11 is 0. The maximum Gasteiger partial charge on any atom is 0.321 e. The van der Waals surface area contributed by atoms with E-state index in [1.165, 1.54) is 0 Å². The number of nitrogens with one attached hydrogen (secondary N) is 1. The van der Waals surface area contributed by atoms with Gasteiger partial charge in [0.2, 0.25) is 0 Å². The largest absolute Gasteiger partial charge is 0.391 e. The molecule has 2 aromatic rings. The summed E-state index contributed by atoms with van der Waals surface area (Å²) in [6, 6.07) is 13.8. The van der Waals surface area contributed by atoms with Crippen molar-refractivity contribution in [2.24, 2.45) is 0 Å². The predicted molar refractivity (Wildman–Crippen MR) is 79.8 cm³/mol. The van der Waals surface area contributed by atoms with Gasteiger partial charge in [0.15, 0.2) is 0 Å². The lowest BCUT2D eigenvalue weighted by atomic mass is 10.1. The van der Waals surface area contributed by atoms with E-state index in [0.717, 1.165) is 29.3 Å². The SMILES string of the molecule is O=C(Nc1ccc2ccccc2c1)N1CCCC(O)C1. The van der Waals surface area contributed by atoms with Gasteiger partial charge < -0.3 is 15.3 Å². The molecule has 0 spiro atoms. The topological polar surface area (TPSA) is 52.6 Å². The summed E-state index contributed by atoms with van der Waals surface area (Å²) in [5, 5.41) is 14.8. The normalized spacial score (nSPS) is 19.1. The van der Waals surface area contributed by atoms with Crippen LogP contribution >= 0.6 is 0 Å². The fourth-order valence-electron chi connectivity index (χ4n) is 2.61. The molecule has 2 N–H and O–H groups in total. The molecule has 104 valence electrons. The van der Waals surface area contributed by atoms with Crippen molar-refractivity contribution in [1.29, 1.82) is 0 Å².